The summed E-state index contributed by atoms with van der Waals surface area (Å²) in [4.78, 5) is 2.38. The van der Waals surface area contributed by atoms with Gasteiger partial charge in [-0.15, -0.1) is 0 Å². The van der Waals surface area contributed by atoms with Gasteiger partial charge in [-0.25, -0.2) is 0 Å². The molecule has 0 saturated heterocycles. The van der Waals surface area contributed by atoms with Crippen molar-refractivity contribution < 1.29 is 5.11 Å². The van der Waals surface area contributed by atoms with Crippen molar-refractivity contribution in [3.63, 3.8) is 0 Å². The third kappa shape index (κ3) is 2.56. The van der Waals surface area contributed by atoms with Crippen molar-refractivity contribution in [2.75, 3.05) is 7.05 Å². The zero-order chi connectivity index (χ0) is 11.5. The summed E-state index contributed by atoms with van der Waals surface area (Å²) in [5, 5.41) is 9.80. The summed E-state index contributed by atoms with van der Waals surface area (Å²) in [6.07, 6.45) is 5.33. The lowest BCUT2D eigenvalue weighted by Crippen LogP contribution is -2.28. The molecular weight excluding hydrogens is 198 g/mol. The molecule has 0 unspecified atom stereocenters. The average Bonchev–Trinajstić information content (AvgIpc) is 2.76. The van der Waals surface area contributed by atoms with E-state index in [4.69, 9.17) is 0 Å². The number of rotatable bonds is 3. The van der Waals surface area contributed by atoms with Gasteiger partial charge in [0, 0.05) is 18.2 Å². The monoisotopic (exact) mass is 219 g/mol. The predicted octanol–water partition coefficient (Wildman–Crippen LogP) is 3.08. The van der Waals surface area contributed by atoms with Gasteiger partial charge in [0.1, 0.15) is 5.75 Å². The van der Waals surface area contributed by atoms with Crippen LogP contribution in [0, 0.1) is 6.92 Å². The first-order chi connectivity index (χ1) is 7.66. The second kappa shape index (κ2) is 4.88. The number of hydrogen-bond acceptors (Lipinski definition) is 2. The molecule has 1 aromatic rings. The molecule has 1 N–H and O–H groups in total. The third-order valence-electron chi connectivity index (χ3n) is 3.60. The smallest absolute Gasteiger partial charge is 0.120 e. The first kappa shape index (κ1) is 11.5. The predicted molar refractivity (Wildman–Crippen MR) is 66.6 cm³/mol. The molecule has 1 aromatic carbocycles. The molecule has 1 aliphatic rings. The van der Waals surface area contributed by atoms with E-state index in [1.165, 1.54) is 31.2 Å². The quantitative estimate of drug-likeness (QED) is 0.844. The van der Waals surface area contributed by atoms with Crippen LogP contribution in [-0.4, -0.2) is 23.1 Å². The van der Waals surface area contributed by atoms with Crippen LogP contribution in [0.3, 0.4) is 0 Å². The van der Waals surface area contributed by atoms with Crippen molar-refractivity contribution in [1.82, 2.24) is 4.90 Å². The lowest BCUT2D eigenvalue weighted by molar-refractivity contribution is 0.234. The maximum absolute atomic E-state index is 9.80. The van der Waals surface area contributed by atoms with Crippen LogP contribution in [0.5, 0.6) is 5.75 Å². The summed E-state index contributed by atoms with van der Waals surface area (Å²) in [6.45, 7) is 2.93. The Morgan fingerprint density at radius 3 is 2.69 bits per heavy atom. The van der Waals surface area contributed by atoms with E-state index in [9.17, 15) is 5.11 Å². The van der Waals surface area contributed by atoms with E-state index in [0.717, 1.165) is 12.1 Å². The van der Waals surface area contributed by atoms with Crippen LogP contribution >= 0.6 is 0 Å². The molecule has 0 aromatic heterocycles. The van der Waals surface area contributed by atoms with Gasteiger partial charge < -0.3 is 5.11 Å². The molecule has 2 heteroatoms. The van der Waals surface area contributed by atoms with Crippen molar-refractivity contribution in [3.8, 4) is 5.75 Å². The van der Waals surface area contributed by atoms with Crippen LogP contribution in [0.2, 0.25) is 0 Å². The second-order valence-corrected chi connectivity index (χ2v) is 4.99. The number of nitrogens with zero attached hydrogens (tertiary/aromatic N) is 1. The summed E-state index contributed by atoms with van der Waals surface area (Å²) in [6, 6.07) is 6.54. The summed E-state index contributed by atoms with van der Waals surface area (Å²) < 4.78 is 0. The van der Waals surface area contributed by atoms with Gasteiger partial charge in [-0.1, -0.05) is 30.5 Å². The van der Waals surface area contributed by atoms with E-state index in [1.54, 1.807) is 6.07 Å². The van der Waals surface area contributed by atoms with E-state index in [-0.39, 0.29) is 0 Å². The molecule has 1 aliphatic carbocycles. The minimum Gasteiger partial charge on any atom is -0.508 e. The fourth-order valence-electron chi connectivity index (χ4n) is 2.58. The number of aromatic hydroxyl groups is 1. The SMILES string of the molecule is Cc1ccc(O)c(CN(C)C2CCCC2)c1. The molecule has 1 fully saturated rings. The molecule has 0 heterocycles. The number of benzene rings is 1. The molecule has 88 valence electrons. The molecule has 0 amide bonds. The van der Waals surface area contributed by atoms with E-state index < -0.39 is 0 Å². The fourth-order valence-corrected chi connectivity index (χ4v) is 2.58. The van der Waals surface area contributed by atoms with Crippen molar-refractivity contribution in [2.45, 2.75) is 45.2 Å². The van der Waals surface area contributed by atoms with Crippen LogP contribution < -0.4 is 0 Å². The molecule has 0 aliphatic heterocycles. The Kier molecular flexibility index (Phi) is 3.49. The average molecular weight is 219 g/mol. The summed E-state index contributed by atoms with van der Waals surface area (Å²) in [5.74, 6) is 0.426. The lowest BCUT2D eigenvalue weighted by Gasteiger charge is -2.24. The molecular formula is C14H21NO. The minimum atomic E-state index is 0.426. The van der Waals surface area contributed by atoms with Gasteiger partial charge in [-0.05, 0) is 32.9 Å². The Labute approximate surface area is 97.9 Å². The van der Waals surface area contributed by atoms with E-state index in [1.807, 2.05) is 6.07 Å². The summed E-state index contributed by atoms with van der Waals surface area (Å²) in [5.41, 5.74) is 2.27. The number of phenolic OH excluding ortho intramolecular Hbond substituents is 1. The highest BCUT2D eigenvalue weighted by Crippen LogP contribution is 2.26. The zero-order valence-electron chi connectivity index (χ0n) is 10.2. The number of phenols is 1. The van der Waals surface area contributed by atoms with E-state index in [2.05, 4.69) is 24.9 Å². The van der Waals surface area contributed by atoms with Crippen molar-refractivity contribution in [3.05, 3.63) is 29.3 Å². The van der Waals surface area contributed by atoms with Gasteiger partial charge in [-0.3, -0.25) is 4.90 Å². The first-order valence-corrected chi connectivity index (χ1v) is 6.15. The van der Waals surface area contributed by atoms with Gasteiger partial charge in [0.2, 0.25) is 0 Å². The van der Waals surface area contributed by atoms with E-state index in [0.29, 0.717) is 11.8 Å². The molecule has 2 nitrogen and oxygen atoms in total. The topological polar surface area (TPSA) is 23.5 Å². The highest BCUT2D eigenvalue weighted by Gasteiger charge is 2.20. The molecule has 0 radical (unpaired) electrons. The van der Waals surface area contributed by atoms with Gasteiger partial charge in [0.25, 0.3) is 0 Å². The normalized spacial score (nSPS) is 17.2. The minimum absolute atomic E-state index is 0.426. The third-order valence-corrected chi connectivity index (χ3v) is 3.60. The Bertz CT molecular complexity index is 356. The standard InChI is InChI=1S/C14H21NO/c1-11-7-8-14(16)12(9-11)10-15(2)13-5-3-4-6-13/h7-9,13,16H,3-6,10H2,1-2H3. The van der Waals surface area contributed by atoms with Crippen LogP contribution in [0.25, 0.3) is 0 Å². The van der Waals surface area contributed by atoms with Crippen LogP contribution in [-0.2, 0) is 6.54 Å². The van der Waals surface area contributed by atoms with Crippen LogP contribution in [0.4, 0.5) is 0 Å². The van der Waals surface area contributed by atoms with Gasteiger partial charge in [0.05, 0.1) is 0 Å². The Morgan fingerprint density at radius 2 is 2.00 bits per heavy atom. The zero-order valence-corrected chi connectivity index (χ0v) is 10.2. The highest BCUT2D eigenvalue weighted by molar-refractivity contribution is 5.35. The van der Waals surface area contributed by atoms with Gasteiger partial charge >= 0.3 is 0 Å². The Morgan fingerprint density at radius 1 is 1.31 bits per heavy atom. The second-order valence-electron chi connectivity index (χ2n) is 4.99. The van der Waals surface area contributed by atoms with Gasteiger partial charge in [0.15, 0.2) is 0 Å². The molecule has 0 spiro atoms. The maximum Gasteiger partial charge on any atom is 0.120 e. The molecule has 1 saturated carbocycles. The van der Waals surface area contributed by atoms with Gasteiger partial charge in [-0.2, -0.15) is 0 Å². The van der Waals surface area contributed by atoms with Crippen LogP contribution in [0.1, 0.15) is 36.8 Å². The van der Waals surface area contributed by atoms with Crippen molar-refractivity contribution in [1.29, 1.82) is 0 Å². The molecule has 0 atom stereocenters. The summed E-state index contributed by atoms with van der Waals surface area (Å²) >= 11 is 0. The first-order valence-electron chi connectivity index (χ1n) is 6.15. The van der Waals surface area contributed by atoms with Crippen LogP contribution in [0.15, 0.2) is 18.2 Å². The number of aryl methyl sites for hydroxylation is 1. The number of hydrogen-bond donors (Lipinski definition) is 1. The maximum atomic E-state index is 9.80. The van der Waals surface area contributed by atoms with Crippen molar-refractivity contribution in [2.24, 2.45) is 0 Å². The largest absolute Gasteiger partial charge is 0.508 e. The lowest BCUT2D eigenvalue weighted by atomic mass is 10.1. The Hall–Kier alpha value is -1.02. The van der Waals surface area contributed by atoms with Crippen molar-refractivity contribution >= 4 is 0 Å². The molecule has 2 rings (SSSR count). The van der Waals surface area contributed by atoms with E-state index >= 15 is 0 Å². The molecule has 16 heavy (non-hydrogen) atoms. The summed E-state index contributed by atoms with van der Waals surface area (Å²) in [7, 11) is 2.16. The highest BCUT2D eigenvalue weighted by atomic mass is 16.3. The fraction of sp³-hybridized carbons (Fsp3) is 0.571. The Balaban J connectivity index is 2.04. The molecule has 0 bridgehead atoms.